The van der Waals surface area contributed by atoms with Gasteiger partial charge in [-0.25, -0.2) is 28.0 Å². The van der Waals surface area contributed by atoms with E-state index in [9.17, 15) is 46.6 Å². The molecule has 4 aromatic rings. The van der Waals surface area contributed by atoms with Gasteiger partial charge < -0.3 is 41.3 Å². The summed E-state index contributed by atoms with van der Waals surface area (Å²) in [6.07, 6.45) is 0.110. The van der Waals surface area contributed by atoms with Gasteiger partial charge in [0.25, 0.3) is 17.7 Å². The standard InChI is InChI=1S/C47H55F4IN8O8S/c1-26-40(69-25-56-26)27-7-8-28(22-55-43(64)35-21-30(61)23-60(35)44(65)41(46(2,3)4)58-45(66)47(51)13-14-47)36(19-27)67-24-37(62)54-17-5-15-53-16-6-18-68-59-42(63)31-10-11-32(48)38(50)39(31)57-34-12-9-29(52)20-33(34)49/h7-12,19-20,25,30,35,41,53,57,61H,5-6,13-18,21-24H2,1-4H3,(H,54,62)(H,55,64)(H,58,66)(H,59,63)/t30-,35?,41-/m1/s1. The van der Waals surface area contributed by atoms with Crippen molar-refractivity contribution in [2.75, 3.05) is 44.7 Å². The molecule has 7 N–H and O–H groups in total. The van der Waals surface area contributed by atoms with Crippen molar-refractivity contribution in [2.24, 2.45) is 5.41 Å². The van der Waals surface area contributed by atoms with Crippen LogP contribution < -0.4 is 36.8 Å². The molecule has 5 amide bonds. The molecule has 3 atom stereocenters. The zero-order valence-electron chi connectivity index (χ0n) is 38.4. The predicted molar refractivity (Wildman–Crippen MR) is 258 cm³/mol. The molecule has 16 nitrogen and oxygen atoms in total. The molecule has 1 saturated heterocycles. The van der Waals surface area contributed by atoms with Crippen LogP contribution in [0.2, 0.25) is 0 Å². The van der Waals surface area contributed by atoms with Gasteiger partial charge in [0.2, 0.25) is 11.8 Å². The number of benzene rings is 3. The highest BCUT2D eigenvalue weighted by molar-refractivity contribution is 14.1. The van der Waals surface area contributed by atoms with E-state index in [1.54, 1.807) is 44.5 Å². The van der Waals surface area contributed by atoms with E-state index in [-0.39, 0.29) is 56.8 Å². The Bertz CT molecular complexity index is 2530. The summed E-state index contributed by atoms with van der Waals surface area (Å²) in [6, 6.07) is 9.07. The van der Waals surface area contributed by atoms with E-state index in [1.165, 1.54) is 28.4 Å². The Balaban J connectivity index is 0.940. The highest BCUT2D eigenvalue weighted by Crippen LogP contribution is 2.41. The number of hydrogen-bond acceptors (Lipinski definition) is 12. The number of nitrogens with zero attached hydrogens (tertiary/aromatic N) is 2. The second kappa shape index (κ2) is 23.5. The van der Waals surface area contributed by atoms with E-state index in [4.69, 9.17) is 9.57 Å². The maximum absolute atomic E-state index is 14.7. The van der Waals surface area contributed by atoms with Crippen LogP contribution >= 0.6 is 33.9 Å². The number of hydrogen-bond donors (Lipinski definition) is 7. The molecule has 22 heteroatoms. The lowest BCUT2D eigenvalue weighted by Gasteiger charge is -2.35. The van der Waals surface area contributed by atoms with Crippen LogP contribution in [0.25, 0.3) is 10.4 Å². The number of halogens is 5. The van der Waals surface area contributed by atoms with Crippen molar-refractivity contribution in [3.8, 4) is 16.2 Å². The second-order valence-corrected chi connectivity index (χ2v) is 19.9. The van der Waals surface area contributed by atoms with Crippen LogP contribution in [0.1, 0.15) is 74.5 Å². The van der Waals surface area contributed by atoms with Gasteiger partial charge in [0.1, 0.15) is 23.7 Å². The molecular weight excluding hydrogens is 1040 g/mol. The molecule has 2 aliphatic rings. The van der Waals surface area contributed by atoms with E-state index in [1.807, 2.05) is 35.6 Å². The minimum absolute atomic E-state index is 0.0451. The van der Waals surface area contributed by atoms with Crippen molar-refractivity contribution in [3.05, 3.63) is 91.9 Å². The van der Waals surface area contributed by atoms with Crippen LogP contribution in [-0.2, 0) is 30.6 Å². The molecule has 0 spiro atoms. The number of amides is 5. The monoisotopic (exact) mass is 1090 g/mol. The molecule has 0 radical (unpaired) electrons. The Hall–Kier alpha value is -5.43. The van der Waals surface area contributed by atoms with Crippen LogP contribution in [0.5, 0.6) is 5.75 Å². The quantitative estimate of drug-likeness (QED) is 0.0219. The van der Waals surface area contributed by atoms with Gasteiger partial charge in [0.05, 0.1) is 45.7 Å². The van der Waals surface area contributed by atoms with Crippen molar-refractivity contribution >= 4 is 74.8 Å². The van der Waals surface area contributed by atoms with Gasteiger partial charge >= 0.3 is 0 Å². The lowest BCUT2D eigenvalue weighted by Crippen LogP contribution is -2.59. The van der Waals surface area contributed by atoms with Gasteiger partial charge in [-0.3, -0.25) is 28.8 Å². The van der Waals surface area contributed by atoms with Gasteiger partial charge in [-0.1, -0.05) is 32.9 Å². The Labute approximate surface area is 414 Å². The molecule has 372 valence electrons. The third kappa shape index (κ3) is 14.1. The zero-order valence-corrected chi connectivity index (χ0v) is 41.4. The summed E-state index contributed by atoms with van der Waals surface area (Å²) in [7, 11) is 0. The van der Waals surface area contributed by atoms with Crippen molar-refractivity contribution in [1.82, 2.24) is 36.6 Å². The van der Waals surface area contributed by atoms with E-state index in [2.05, 4.69) is 37.0 Å². The number of thiazole rings is 1. The molecule has 1 aromatic heterocycles. The molecule has 1 unspecified atom stereocenters. The molecule has 69 heavy (non-hydrogen) atoms. The first-order chi connectivity index (χ1) is 32.7. The van der Waals surface area contributed by atoms with Gasteiger partial charge in [-0.05, 0) is 116 Å². The molecule has 1 aliphatic heterocycles. The number of aliphatic hydroxyl groups excluding tert-OH is 1. The average molecular weight is 1090 g/mol. The van der Waals surface area contributed by atoms with E-state index >= 15 is 0 Å². The number of hydroxylamine groups is 1. The highest BCUT2D eigenvalue weighted by atomic mass is 127. The maximum atomic E-state index is 14.7. The predicted octanol–water partition coefficient (Wildman–Crippen LogP) is 5.72. The summed E-state index contributed by atoms with van der Waals surface area (Å²) in [5, 5.41) is 24.4. The van der Waals surface area contributed by atoms with Crippen LogP contribution in [0.15, 0.2) is 54.0 Å². The fourth-order valence-electron chi connectivity index (χ4n) is 7.36. The number of ether oxygens (including phenoxy) is 1. The minimum Gasteiger partial charge on any atom is -0.483 e. The smallest absolute Gasteiger partial charge is 0.277 e. The third-order valence-corrected chi connectivity index (χ3v) is 13.0. The second-order valence-electron chi connectivity index (χ2n) is 17.8. The van der Waals surface area contributed by atoms with Crippen LogP contribution in [-0.4, -0.2) is 108 Å². The number of aliphatic hydroxyl groups is 1. The molecule has 1 aliphatic carbocycles. The number of carbonyl (C=O) groups excluding carboxylic acids is 5. The van der Waals surface area contributed by atoms with Crippen LogP contribution in [0.3, 0.4) is 0 Å². The molecule has 6 rings (SSSR count). The normalized spacial score (nSPS) is 16.6. The summed E-state index contributed by atoms with van der Waals surface area (Å²) in [5.41, 5.74) is 2.18. The number of nitrogens with one attached hydrogen (secondary N) is 6. The molecule has 1 saturated carbocycles. The van der Waals surface area contributed by atoms with E-state index < -0.39 is 81.9 Å². The number of alkyl halides is 1. The topological polar surface area (TPSA) is 212 Å². The van der Waals surface area contributed by atoms with Gasteiger partial charge in [-0.15, -0.1) is 11.3 Å². The van der Waals surface area contributed by atoms with Gasteiger partial charge in [0.15, 0.2) is 23.9 Å². The Kier molecular flexibility index (Phi) is 18.0. The number of likely N-dealkylation sites (tertiary alicyclic amines) is 1. The Morgan fingerprint density at radius 2 is 1.74 bits per heavy atom. The van der Waals surface area contributed by atoms with Crippen molar-refractivity contribution in [3.63, 3.8) is 0 Å². The molecular formula is C47H55F4IN8O8S. The summed E-state index contributed by atoms with van der Waals surface area (Å²) in [6.45, 7) is 7.89. The van der Waals surface area contributed by atoms with Crippen molar-refractivity contribution in [2.45, 2.75) is 90.2 Å². The lowest BCUT2D eigenvalue weighted by molar-refractivity contribution is -0.145. The van der Waals surface area contributed by atoms with E-state index in [0.29, 0.717) is 47.4 Å². The summed E-state index contributed by atoms with van der Waals surface area (Å²) in [4.78, 5) is 77.6. The first-order valence-electron chi connectivity index (χ1n) is 22.3. The molecule has 2 heterocycles. The summed E-state index contributed by atoms with van der Waals surface area (Å²) < 4.78 is 64.4. The number of aryl methyl sites for hydroxylation is 1. The van der Waals surface area contributed by atoms with Crippen LogP contribution in [0, 0.1) is 33.4 Å². The number of anilines is 2. The fraction of sp³-hybridized carbons (Fsp3) is 0.447. The van der Waals surface area contributed by atoms with Crippen molar-refractivity contribution < 1.29 is 56.2 Å². The Morgan fingerprint density at radius 1 is 0.986 bits per heavy atom. The zero-order chi connectivity index (χ0) is 50.0. The molecule has 3 aromatic carbocycles. The first kappa shape index (κ1) is 52.9. The minimum atomic E-state index is -2.01. The summed E-state index contributed by atoms with van der Waals surface area (Å²) in [5.74, 6) is -6.27. The first-order valence-corrected chi connectivity index (χ1v) is 24.2. The average Bonchev–Trinajstić information content (AvgIpc) is 3.71. The molecule has 0 bridgehead atoms. The lowest BCUT2D eigenvalue weighted by atomic mass is 9.85. The van der Waals surface area contributed by atoms with E-state index in [0.717, 1.165) is 28.3 Å². The molecule has 2 fully saturated rings. The van der Waals surface area contributed by atoms with Crippen molar-refractivity contribution in [1.29, 1.82) is 0 Å². The number of aromatic nitrogens is 1. The van der Waals surface area contributed by atoms with Gasteiger partial charge in [-0.2, -0.15) is 0 Å². The fourth-order valence-corrected chi connectivity index (χ4v) is 8.62. The largest absolute Gasteiger partial charge is 0.483 e. The maximum Gasteiger partial charge on any atom is 0.277 e. The number of rotatable bonds is 22. The highest BCUT2D eigenvalue weighted by Gasteiger charge is 2.53. The van der Waals surface area contributed by atoms with Crippen LogP contribution in [0.4, 0.5) is 28.9 Å². The Morgan fingerprint density at radius 3 is 2.43 bits per heavy atom. The van der Waals surface area contributed by atoms with Gasteiger partial charge in [0, 0.05) is 35.2 Å². The number of β-amino-alcohol motifs (C(OH)–C–C–N with tert-alkyl or cyclic N) is 1. The SMILES string of the molecule is Cc1ncsc1-c1ccc(CNC(=O)C2C[C@@H](O)CN2C(=O)[C@@H](NC(=O)C2(F)CC2)C(C)(C)C)c(OCC(=O)NCCCNCCCONC(=O)c2ccc(F)c(F)c2Nc2ccc(I)cc2F)c1. The summed E-state index contributed by atoms with van der Waals surface area (Å²) >= 11 is 3.33. The third-order valence-electron chi connectivity index (χ3n) is 11.4. The number of carbonyl (C=O) groups is 5.